The molecule has 0 atom stereocenters. The average Bonchev–Trinajstić information content (AvgIpc) is 3.13. The highest BCUT2D eigenvalue weighted by Gasteiger charge is 2.41. The van der Waals surface area contributed by atoms with Gasteiger partial charge >= 0.3 is 0 Å². The number of hydrogen-bond acceptors (Lipinski definition) is 3. The maximum atomic E-state index is 12.4. The highest BCUT2D eigenvalue weighted by atomic mass is 35.5. The van der Waals surface area contributed by atoms with E-state index in [4.69, 9.17) is 23.2 Å². The molecule has 2 aliphatic rings. The molecule has 1 amide bonds. The minimum Gasteiger partial charge on any atom is -0.354 e. The van der Waals surface area contributed by atoms with E-state index in [0.29, 0.717) is 35.2 Å². The van der Waals surface area contributed by atoms with Gasteiger partial charge in [0.2, 0.25) is 5.91 Å². The monoisotopic (exact) mass is 382 g/mol. The molecule has 1 aliphatic heterocycles. The molecule has 0 bridgehead atoms. The Morgan fingerprint density at radius 1 is 1.12 bits per heavy atom. The largest absolute Gasteiger partial charge is 0.354 e. The van der Waals surface area contributed by atoms with Crippen LogP contribution in [0.1, 0.15) is 44.1 Å². The molecule has 1 aliphatic carbocycles. The van der Waals surface area contributed by atoms with Gasteiger partial charge in [-0.3, -0.25) is 14.5 Å². The lowest BCUT2D eigenvalue weighted by atomic mass is 9.79. The SMILES string of the molecule is O=C1CCC(CNC(=O)Cc2ccc(Cl)c(Cl)c2)(N2CCCC2)CC1. The van der Waals surface area contributed by atoms with Crippen LogP contribution in [-0.2, 0) is 16.0 Å². The van der Waals surface area contributed by atoms with E-state index in [-0.39, 0.29) is 17.9 Å². The molecule has 0 aromatic heterocycles. The Balaban J connectivity index is 1.61. The molecule has 0 unspecified atom stereocenters. The Morgan fingerprint density at radius 2 is 1.80 bits per heavy atom. The number of benzene rings is 1. The quantitative estimate of drug-likeness (QED) is 0.845. The first-order valence-corrected chi connectivity index (χ1v) is 9.71. The van der Waals surface area contributed by atoms with E-state index in [0.717, 1.165) is 31.5 Å². The van der Waals surface area contributed by atoms with Crippen LogP contribution in [0.5, 0.6) is 0 Å². The van der Waals surface area contributed by atoms with Crippen molar-refractivity contribution >= 4 is 34.9 Å². The Morgan fingerprint density at radius 3 is 2.44 bits per heavy atom. The van der Waals surface area contributed by atoms with Crippen LogP contribution in [0.3, 0.4) is 0 Å². The van der Waals surface area contributed by atoms with E-state index in [9.17, 15) is 9.59 Å². The fraction of sp³-hybridized carbons (Fsp3) is 0.579. The summed E-state index contributed by atoms with van der Waals surface area (Å²) < 4.78 is 0. The predicted octanol–water partition coefficient (Wildman–Crippen LogP) is 3.63. The first-order valence-electron chi connectivity index (χ1n) is 8.96. The summed E-state index contributed by atoms with van der Waals surface area (Å²) in [5.41, 5.74) is 0.790. The van der Waals surface area contributed by atoms with Crippen molar-refractivity contribution in [2.45, 2.75) is 50.5 Å². The third-order valence-corrected chi connectivity index (χ3v) is 6.22. The highest BCUT2D eigenvalue weighted by molar-refractivity contribution is 6.42. The van der Waals surface area contributed by atoms with E-state index in [1.54, 1.807) is 12.1 Å². The number of amides is 1. The fourth-order valence-corrected chi connectivity index (χ4v) is 4.27. The lowest BCUT2D eigenvalue weighted by Gasteiger charge is -2.44. The van der Waals surface area contributed by atoms with Gasteiger partial charge in [0.25, 0.3) is 0 Å². The molecule has 0 spiro atoms. The summed E-state index contributed by atoms with van der Waals surface area (Å²) in [5, 5.41) is 4.06. The standard InChI is InChI=1S/C19H24Cl2N2O2/c20-16-4-3-14(11-17(16)21)12-18(25)22-13-19(23-9-1-2-10-23)7-5-15(24)6-8-19/h3-4,11H,1-2,5-10,12-13H2,(H,22,25). The molecular weight excluding hydrogens is 359 g/mol. The van der Waals surface area contributed by atoms with Crippen molar-refractivity contribution in [2.75, 3.05) is 19.6 Å². The number of carbonyl (C=O) groups is 2. The van der Waals surface area contributed by atoms with E-state index in [1.807, 2.05) is 6.07 Å². The van der Waals surface area contributed by atoms with E-state index in [2.05, 4.69) is 10.2 Å². The summed E-state index contributed by atoms with van der Waals surface area (Å²) in [5.74, 6) is 0.325. The maximum Gasteiger partial charge on any atom is 0.224 e. The van der Waals surface area contributed by atoms with Crippen molar-refractivity contribution < 1.29 is 9.59 Å². The first-order chi connectivity index (χ1) is 12.0. The van der Waals surface area contributed by atoms with Crippen LogP contribution in [-0.4, -0.2) is 41.8 Å². The minimum atomic E-state index is -0.0578. The van der Waals surface area contributed by atoms with Gasteiger partial charge in [0.15, 0.2) is 0 Å². The minimum absolute atomic E-state index is 0.0196. The van der Waals surface area contributed by atoms with Crippen molar-refractivity contribution in [3.8, 4) is 0 Å². The Kier molecular flexibility index (Phi) is 6.03. The molecule has 1 aromatic rings. The molecule has 25 heavy (non-hydrogen) atoms. The van der Waals surface area contributed by atoms with Crippen LogP contribution < -0.4 is 5.32 Å². The summed E-state index contributed by atoms with van der Waals surface area (Å²) in [6, 6.07) is 5.27. The van der Waals surface area contributed by atoms with Crippen molar-refractivity contribution in [3.63, 3.8) is 0 Å². The van der Waals surface area contributed by atoms with Crippen molar-refractivity contribution in [1.29, 1.82) is 0 Å². The molecule has 1 N–H and O–H groups in total. The second-order valence-corrected chi connectivity index (χ2v) is 7.97. The number of ketones is 1. The third-order valence-electron chi connectivity index (χ3n) is 5.48. The Labute approximate surface area is 158 Å². The molecule has 1 saturated carbocycles. The van der Waals surface area contributed by atoms with Crippen molar-refractivity contribution in [3.05, 3.63) is 33.8 Å². The molecule has 2 fully saturated rings. The number of Topliss-reactive ketones (excluding diaryl/α,β-unsaturated/α-hetero) is 1. The summed E-state index contributed by atoms with van der Waals surface area (Å²) in [7, 11) is 0. The van der Waals surface area contributed by atoms with Crippen LogP contribution >= 0.6 is 23.2 Å². The van der Waals surface area contributed by atoms with E-state index >= 15 is 0 Å². The molecule has 1 saturated heterocycles. The van der Waals surface area contributed by atoms with Crippen molar-refractivity contribution in [1.82, 2.24) is 10.2 Å². The number of halogens is 2. The fourth-order valence-electron chi connectivity index (χ4n) is 3.95. The van der Waals surface area contributed by atoms with Crippen molar-refractivity contribution in [2.24, 2.45) is 0 Å². The van der Waals surface area contributed by atoms with Crippen LogP contribution in [0.2, 0.25) is 10.0 Å². The number of nitrogens with zero attached hydrogens (tertiary/aromatic N) is 1. The van der Waals surface area contributed by atoms with E-state index in [1.165, 1.54) is 12.8 Å². The summed E-state index contributed by atoms with van der Waals surface area (Å²) in [4.78, 5) is 26.6. The van der Waals surface area contributed by atoms with Crippen LogP contribution in [0.15, 0.2) is 18.2 Å². The van der Waals surface area contributed by atoms with Gasteiger partial charge in [0.1, 0.15) is 5.78 Å². The molecule has 1 heterocycles. The van der Waals surface area contributed by atoms with Gasteiger partial charge in [-0.1, -0.05) is 29.3 Å². The molecule has 136 valence electrons. The summed E-state index contributed by atoms with van der Waals surface area (Å²) in [6.07, 6.45) is 5.63. The molecule has 0 radical (unpaired) electrons. The number of nitrogens with one attached hydrogen (secondary N) is 1. The zero-order valence-electron chi connectivity index (χ0n) is 14.3. The molecule has 6 heteroatoms. The molecule has 1 aromatic carbocycles. The second-order valence-electron chi connectivity index (χ2n) is 7.16. The zero-order chi connectivity index (χ0) is 17.9. The normalized spacial score (nSPS) is 20.6. The Bertz CT molecular complexity index is 647. The second kappa shape index (κ2) is 8.07. The summed E-state index contributed by atoms with van der Waals surface area (Å²) >= 11 is 11.9. The van der Waals surface area contributed by atoms with Gasteiger partial charge in [-0.15, -0.1) is 0 Å². The summed E-state index contributed by atoms with van der Waals surface area (Å²) in [6.45, 7) is 2.74. The smallest absolute Gasteiger partial charge is 0.224 e. The Hall–Kier alpha value is -1.10. The number of carbonyl (C=O) groups excluding carboxylic acids is 2. The van der Waals surface area contributed by atoms with Gasteiger partial charge in [-0.2, -0.15) is 0 Å². The van der Waals surface area contributed by atoms with Crippen LogP contribution in [0, 0.1) is 0 Å². The maximum absolute atomic E-state index is 12.4. The topological polar surface area (TPSA) is 49.4 Å². The van der Waals surface area contributed by atoms with Crippen LogP contribution in [0.25, 0.3) is 0 Å². The van der Waals surface area contributed by atoms with Gasteiger partial charge in [0, 0.05) is 24.9 Å². The number of rotatable bonds is 5. The molecule has 4 nitrogen and oxygen atoms in total. The first kappa shape index (κ1) is 18.7. The van der Waals surface area contributed by atoms with Gasteiger partial charge in [-0.05, 0) is 56.5 Å². The predicted molar refractivity (Wildman–Crippen MR) is 100 cm³/mol. The average molecular weight is 383 g/mol. The third kappa shape index (κ3) is 4.55. The van der Waals surface area contributed by atoms with E-state index < -0.39 is 0 Å². The lowest BCUT2D eigenvalue weighted by Crippen LogP contribution is -2.56. The molecule has 3 rings (SSSR count). The van der Waals surface area contributed by atoms with Gasteiger partial charge < -0.3 is 5.32 Å². The van der Waals surface area contributed by atoms with Crippen LogP contribution in [0.4, 0.5) is 0 Å². The zero-order valence-corrected chi connectivity index (χ0v) is 15.8. The number of hydrogen-bond donors (Lipinski definition) is 1. The highest BCUT2D eigenvalue weighted by Crippen LogP contribution is 2.34. The number of likely N-dealkylation sites (tertiary alicyclic amines) is 1. The lowest BCUT2D eigenvalue weighted by molar-refractivity contribution is -0.123. The van der Waals surface area contributed by atoms with Gasteiger partial charge in [-0.25, -0.2) is 0 Å². The molecular formula is C19H24Cl2N2O2. The van der Waals surface area contributed by atoms with Gasteiger partial charge in [0.05, 0.1) is 16.5 Å².